The van der Waals surface area contributed by atoms with E-state index in [1.807, 2.05) is 0 Å². The van der Waals surface area contributed by atoms with Gasteiger partial charge in [-0.15, -0.1) is 0 Å². The van der Waals surface area contributed by atoms with Crippen molar-refractivity contribution in [2.45, 2.75) is 19.1 Å². The Hall–Kier alpha value is -0.330. The lowest BCUT2D eigenvalue weighted by atomic mass is 10.1. The minimum atomic E-state index is -4.81. The first-order chi connectivity index (χ1) is 4.15. The van der Waals surface area contributed by atoms with Gasteiger partial charge in [-0.3, -0.25) is 0 Å². The Morgan fingerprint density at radius 3 is 1.40 bits per heavy atom. The van der Waals surface area contributed by atoms with Crippen LogP contribution in [0.2, 0.25) is 0 Å². The number of alkyl halides is 3. The van der Waals surface area contributed by atoms with Crippen molar-refractivity contribution in [2.24, 2.45) is 5.92 Å². The maximum atomic E-state index is 11.5. The van der Waals surface area contributed by atoms with Gasteiger partial charge in [0.15, 0.2) is 0 Å². The van der Waals surface area contributed by atoms with Crippen molar-refractivity contribution >= 4 is 0 Å². The number of hydrogen-bond donors (Lipinski definition) is 3. The molecule has 0 aromatic rings. The van der Waals surface area contributed by atoms with Crippen molar-refractivity contribution in [3.8, 4) is 0 Å². The fourth-order valence-electron chi connectivity index (χ4n) is 0.220. The van der Waals surface area contributed by atoms with Gasteiger partial charge in [-0.2, -0.15) is 13.2 Å². The SMILES string of the molecule is CC(C(O)(O)O)C(F)(F)F. The summed E-state index contributed by atoms with van der Waals surface area (Å²) in [4.78, 5) is 0. The summed E-state index contributed by atoms with van der Waals surface area (Å²) in [5, 5.41) is 24.0. The van der Waals surface area contributed by atoms with Gasteiger partial charge in [-0.05, 0) is 6.92 Å². The van der Waals surface area contributed by atoms with Crippen LogP contribution in [-0.4, -0.2) is 27.5 Å². The number of hydrogen-bond acceptors (Lipinski definition) is 3. The highest BCUT2D eigenvalue weighted by Gasteiger charge is 2.48. The molecule has 0 aromatic heterocycles. The van der Waals surface area contributed by atoms with E-state index < -0.39 is 18.1 Å². The van der Waals surface area contributed by atoms with E-state index in [0.717, 1.165) is 0 Å². The molecule has 0 saturated heterocycles. The van der Waals surface area contributed by atoms with Crippen molar-refractivity contribution in [2.75, 3.05) is 0 Å². The van der Waals surface area contributed by atoms with Crippen LogP contribution in [0, 0.1) is 5.92 Å². The van der Waals surface area contributed by atoms with Crippen molar-refractivity contribution in [1.82, 2.24) is 0 Å². The van der Waals surface area contributed by atoms with Crippen LogP contribution in [0.1, 0.15) is 6.92 Å². The molecule has 0 aliphatic rings. The van der Waals surface area contributed by atoms with E-state index in [-0.39, 0.29) is 0 Å². The first-order valence-corrected chi connectivity index (χ1v) is 2.39. The van der Waals surface area contributed by atoms with E-state index in [9.17, 15) is 13.2 Å². The Morgan fingerprint density at radius 1 is 1.10 bits per heavy atom. The molecule has 0 fully saturated rings. The molecule has 1 atom stereocenters. The predicted octanol–water partition coefficient (Wildman–Crippen LogP) is -0.184. The maximum absolute atomic E-state index is 11.5. The van der Waals surface area contributed by atoms with E-state index >= 15 is 0 Å². The highest BCUT2D eigenvalue weighted by atomic mass is 19.4. The second kappa shape index (κ2) is 2.37. The third-order valence-corrected chi connectivity index (χ3v) is 1.07. The molecule has 0 spiro atoms. The highest BCUT2D eigenvalue weighted by Crippen LogP contribution is 2.31. The minimum Gasteiger partial charge on any atom is -0.343 e. The summed E-state index contributed by atoms with van der Waals surface area (Å²) < 4.78 is 34.4. The molecule has 0 bridgehead atoms. The monoisotopic (exact) mass is 160 g/mol. The fourth-order valence-corrected chi connectivity index (χ4v) is 0.220. The van der Waals surface area contributed by atoms with Crippen LogP contribution in [0.25, 0.3) is 0 Å². The van der Waals surface area contributed by atoms with Gasteiger partial charge in [0.05, 0.1) is 0 Å². The molecule has 3 nitrogen and oxygen atoms in total. The lowest BCUT2D eigenvalue weighted by Crippen LogP contribution is -2.43. The zero-order chi connectivity index (χ0) is 8.58. The van der Waals surface area contributed by atoms with Crippen LogP contribution < -0.4 is 0 Å². The highest BCUT2D eigenvalue weighted by molar-refractivity contribution is 4.67. The topological polar surface area (TPSA) is 60.7 Å². The van der Waals surface area contributed by atoms with Crippen LogP contribution >= 0.6 is 0 Å². The minimum absolute atomic E-state index is 0.458. The lowest BCUT2D eigenvalue weighted by molar-refractivity contribution is -0.383. The first kappa shape index (κ1) is 9.67. The Morgan fingerprint density at radius 2 is 1.40 bits per heavy atom. The summed E-state index contributed by atoms with van der Waals surface area (Å²) in [7, 11) is 0. The van der Waals surface area contributed by atoms with Crippen LogP contribution in [0.15, 0.2) is 0 Å². The summed E-state index contributed by atoms with van der Waals surface area (Å²) in [6, 6.07) is 0. The second-order valence-electron chi connectivity index (χ2n) is 1.95. The molecule has 0 aliphatic carbocycles. The Kier molecular flexibility index (Phi) is 2.29. The van der Waals surface area contributed by atoms with Gasteiger partial charge in [-0.1, -0.05) is 0 Å². The van der Waals surface area contributed by atoms with E-state index in [1.165, 1.54) is 0 Å². The summed E-state index contributed by atoms with van der Waals surface area (Å²) >= 11 is 0. The fraction of sp³-hybridized carbons (Fsp3) is 1.00. The quantitative estimate of drug-likeness (QED) is 0.466. The van der Waals surface area contributed by atoms with E-state index in [0.29, 0.717) is 6.92 Å². The third kappa shape index (κ3) is 2.51. The van der Waals surface area contributed by atoms with Crippen LogP contribution in [0.5, 0.6) is 0 Å². The molecule has 1 unspecified atom stereocenters. The molecule has 6 heteroatoms. The van der Waals surface area contributed by atoms with Crippen LogP contribution in [0.4, 0.5) is 13.2 Å². The first-order valence-electron chi connectivity index (χ1n) is 2.39. The van der Waals surface area contributed by atoms with Crippen molar-refractivity contribution < 1.29 is 28.5 Å². The molecule has 62 valence electrons. The molecular formula is C4H7F3O3. The standard InChI is InChI=1S/C4H7F3O3/c1-2(3(5,6)7)4(8,9)10/h2,8-10H,1H3. The summed E-state index contributed by atoms with van der Waals surface area (Å²) in [6.45, 7) is 0.458. The molecule has 0 radical (unpaired) electrons. The van der Waals surface area contributed by atoms with Crippen LogP contribution in [0.3, 0.4) is 0 Å². The molecule has 0 aliphatic heterocycles. The molecule has 0 amide bonds. The van der Waals surface area contributed by atoms with Gasteiger partial charge >= 0.3 is 6.18 Å². The molecule has 10 heavy (non-hydrogen) atoms. The summed E-state index contributed by atoms with van der Waals surface area (Å²) in [6.07, 6.45) is -4.81. The van der Waals surface area contributed by atoms with Crippen molar-refractivity contribution in [1.29, 1.82) is 0 Å². The molecule has 0 aromatic carbocycles. The largest absolute Gasteiger partial charge is 0.399 e. The van der Waals surface area contributed by atoms with Gasteiger partial charge in [-0.25, -0.2) is 0 Å². The molecular weight excluding hydrogens is 153 g/mol. The van der Waals surface area contributed by atoms with Crippen LogP contribution in [-0.2, 0) is 0 Å². The Bertz CT molecular complexity index is 99.9. The molecule has 0 saturated carbocycles. The maximum Gasteiger partial charge on any atom is 0.399 e. The van der Waals surface area contributed by atoms with Gasteiger partial charge in [0.2, 0.25) is 0 Å². The van der Waals surface area contributed by atoms with Gasteiger partial charge in [0, 0.05) is 0 Å². The Labute approximate surface area is 54.7 Å². The van der Waals surface area contributed by atoms with E-state index in [1.54, 1.807) is 0 Å². The summed E-state index contributed by atoms with van der Waals surface area (Å²) in [5.74, 6) is -6.25. The second-order valence-corrected chi connectivity index (χ2v) is 1.95. The number of halogens is 3. The zero-order valence-corrected chi connectivity index (χ0v) is 5.05. The normalized spacial score (nSPS) is 17.1. The number of aliphatic hydroxyl groups is 3. The average Bonchev–Trinajstić information content (AvgIpc) is 1.59. The van der Waals surface area contributed by atoms with Gasteiger partial charge < -0.3 is 15.3 Å². The molecule has 0 rings (SSSR count). The lowest BCUT2D eigenvalue weighted by Gasteiger charge is -2.23. The van der Waals surface area contributed by atoms with Crippen molar-refractivity contribution in [3.05, 3.63) is 0 Å². The molecule has 0 heterocycles. The third-order valence-electron chi connectivity index (χ3n) is 1.07. The predicted molar refractivity (Wildman–Crippen MR) is 24.6 cm³/mol. The zero-order valence-electron chi connectivity index (χ0n) is 5.05. The molecule has 3 N–H and O–H groups in total. The van der Waals surface area contributed by atoms with E-state index in [2.05, 4.69) is 0 Å². The van der Waals surface area contributed by atoms with Gasteiger partial charge in [0.25, 0.3) is 5.97 Å². The average molecular weight is 160 g/mol. The summed E-state index contributed by atoms with van der Waals surface area (Å²) in [5.41, 5.74) is 0. The Balaban J connectivity index is 4.23. The number of rotatable bonds is 1. The smallest absolute Gasteiger partial charge is 0.343 e. The van der Waals surface area contributed by atoms with Gasteiger partial charge in [0.1, 0.15) is 5.92 Å². The van der Waals surface area contributed by atoms with E-state index in [4.69, 9.17) is 15.3 Å². The van der Waals surface area contributed by atoms with Crippen molar-refractivity contribution in [3.63, 3.8) is 0 Å².